The maximum Gasteiger partial charge on any atom is 0.246 e. The number of pyridine rings is 1. The van der Waals surface area contributed by atoms with Crippen LogP contribution in [0.1, 0.15) is 36.9 Å². The lowest BCUT2D eigenvalue weighted by Crippen LogP contribution is -2.36. The number of carbonyl (C=O) groups excluding carboxylic acids is 2. The summed E-state index contributed by atoms with van der Waals surface area (Å²) in [6.07, 6.45) is 5.15. The van der Waals surface area contributed by atoms with Crippen LogP contribution in [0.2, 0.25) is 0 Å². The number of aryl methyl sites for hydroxylation is 1. The Hall–Kier alpha value is -4.97. The highest BCUT2D eigenvalue weighted by Crippen LogP contribution is 2.50. The molecule has 2 amide bonds. The summed E-state index contributed by atoms with van der Waals surface area (Å²) in [5.74, 6) is 2.26. The lowest BCUT2D eigenvalue weighted by molar-refractivity contribution is -0.120. The predicted octanol–water partition coefficient (Wildman–Crippen LogP) is 5.59. The van der Waals surface area contributed by atoms with Crippen LogP contribution in [0.25, 0.3) is 22.0 Å². The number of amides is 2. The molecular formula is C36H40N4O7S. The Morgan fingerprint density at radius 3 is 2.46 bits per heavy atom. The zero-order valence-electron chi connectivity index (χ0n) is 27.9. The van der Waals surface area contributed by atoms with Crippen molar-refractivity contribution in [2.75, 3.05) is 51.1 Å². The van der Waals surface area contributed by atoms with Gasteiger partial charge >= 0.3 is 0 Å². The van der Waals surface area contributed by atoms with Gasteiger partial charge in [-0.15, -0.1) is 0 Å². The number of hydrogen-bond donors (Lipinski definition) is 3. The number of thioether (sulfide) groups is 1. The molecule has 0 aliphatic heterocycles. The second-order valence-electron chi connectivity index (χ2n) is 11.3. The number of nitrogens with one attached hydrogen (secondary N) is 3. The van der Waals surface area contributed by atoms with Crippen LogP contribution in [0.15, 0.2) is 59.5 Å². The second kappa shape index (κ2) is 15.3. The van der Waals surface area contributed by atoms with Crippen molar-refractivity contribution in [1.82, 2.24) is 10.3 Å². The minimum atomic E-state index is -0.726. The van der Waals surface area contributed by atoms with Crippen LogP contribution >= 0.6 is 11.8 Å². The highest BCUT2D eigenvalue weighted by molar-refractivity contribution is 7.98. The third kappa shape index (κ3) is 7.28. The number of benzene rings is 2. The smallest absolute Gasteiger partial charge is 0.246 e. The van der Waals surface area contributed by atoms with Gasteiger partial charge < -0.3 is 34.9 Å². The van der Waals surface area contributed by atoms with Gasteiger partial charge in [0.1, 0.15) is 11.8 Å². The molecule has 5 rings (SSSR count). The number of carbonyl (C=O) groups is 2. The zero-order chi connectivity index (χ0) is 34.4. The average Bonchev–Trinajstić information content (AvgIpc) is 3.33. The number of ether oxygens (including phenoxy) is 4. The number of aromatic nitrogens is 1. The predicted molar refractivity (Wildman–Crippen MR) is 190 cm³/mol. The van der Waals surface area contributed by atoms with Gasteiger partial charge in [-0.25, -0.2) is 0 Å². The molecular weight excluding hydrogens is 632 g/mol. The van der Waals surface area contributed by atoms with E-state index in [4.69, 9.17) is 18.9 Å². The summed E-state index contributed by atoms with van der Waals surface area (Å²) < 4.78 is 22.5. The number of anilines is 2. The molecule has 1 aromatic heterocycles. The first-order chi connectivity index (χ1) is 23.2. The van der Waals surface area contributed by atoms with Gasteiger partial charge in [-0.05, 0) is 84.4 Å². The van der Waals surface area contributed by atoms with Crippen molar-refractivity contribution in [2.45, 2.75) is 38.3 Å². The highest BCUT2D eigenvalue weighted by Gasteiger charge is 2.30. The summed E-state index contributed by atoms with van der Waals surface area (Å²) in [6.45, 7) is 1.45. The molecule has 0 unspecified atom stereocenters. The minimum Gasteiger partial charge on any atom is -0.497 e. The van der Waals surface area contributed by atoms with Crippen molar-refractivity contribution < 1.29 is 28.5 Å². The van der Waals surface area contributed by atoms with E-state index in [1.54, 1.807) is 45.4 Å². The summed E-state index contributed by atoms with van der Waals surface area (Å²) in [7, 11) is 6.25. The first kappa shape index (κ1) is 34.4. The summed E-state index contributed by atoms with van der Waals surface area (Å²) in [5.41, 5.74) is 4.21. The van der Waals surface area contributed by atoms with E-state index in [1.807, 2.05) is 42.7 Å². The first-order valence-electron chi connectivity index (χ1n) is 15.5. The van der Waals surface area contributed by atoms with Gasteiger partial charge in [0.05, 0.1) is 57.6 Å². The number of rotatable bonds is 12. The molecule has 1 aliphatic carbocycles. The molecule has 48 heavy (non-hydrogen) atoms. The maximum atomic E-state index is 13.9. The lowest BCUT2D eigenvalue weighted by atomic mass is 9.95. The van der Waals surface area contributed by atoms with Crippen LogP contribution < -0.4 is 40.3 Å². The van der Waals surface area contributed by atoms with E-state index in [0.717, 1.165) is 22.0 Å². The van der Waals surface area contributed by atoms with Gasteiger partial charge in [0.2, 0.25) is 23.0 Å². The summed E-state index contributed by atoms with van der Waals surface area (Å²) in [5, 5.41) is 10.1. The Labute approximate surface area is 283 Å². The molecule has 2 atom stereocenters. The molecule has 12 heteroatoms. The van der Waals surface area contributed by atoms with Crippen molar-refractivity contribution in [3.8, 4) is 34.1 Å². The molecule has 252 valence electrons. The fraction of sp³-hybridized carbons (Fsp3) is 0.333. The number of nitrogens with zero attached hydrogens (tertiary/aromatic N) is 1. The van der Waals surface area contributed by atoms with Crippen LogP contribution in [0.4, 0.5) is 11.4 Å². The zero-order valence-corrected chi connectivity index (χ0v) is 28.7. The van der Waals surface area contributed by atoms with Crippen molar-refractivity contribution >= 4 is 45.9 Å². The van der Waals surface area contributed by atoms with E-state index in [-0.39, 0.29) is 22.9 Å². The standard InChI is InChI=1S/C36H40N4O7S/c1-20(41)38-27-11-8-22-16-32(45-3)34(46-4)35(47-5)33(22)25-10-12-28(31(42)18-26(25)27)40-29(13-14-48-6)36(43)39-23-15-21-7-9-24(44-2)17-30(21)37-19-23/h7,9-10,12,15-19,27,29H,8,11,13-14H2,1-6H3,(H,38,41)(H,39,43)(H,40,42)/t27-,29-/m0/s1. The van der Waals surface area contributed by atoms with Crippen molar-refractivity contribution in [1.29, 1.82) is 0 Å². The SMILES string of the molecule is COc1ccc2cc(NC(=O)[C@H](CCSC)Nc3ccc4c(cc3=O)[C@@H](NC(C)=O)CCc3cc(OC)c(OC)c(OC)c3-4)cnc2c1. The molecule has 11 nitrogen and oxygen atoms in total. The maximum absolute atomic E-state index is 13.9. The average molecular weight is 673 g/mol. The Bertz CT molecular complexity index is 1900. The Kier molecular flexibility index (Phi) is 10.9. The van der Waals surface area contributed by atoms with E-state index in [2.05, 4.69) is 20.9 Å². The normalized spacial score (nSPS) is 14.1. The summed E-state index contributed by atoms with van der Waals surface area (Å²) >= 11 is 1.60. The molecule has 0 saturated heterocycles. The van der Waals surface area contributed by atoms with Gasteiger partial charge in [0, 0.05) is 23.9 Å². The van der Waals surface area contributed by atoms with Gasteiger partial charge in [-0.3, -0.25) is 19.4 Å². The molecule has 1 aliphatic rings. The van der Waals surface area contributed by atoms with Crippen LogP contribution in [0, 0.1) is 0 Å². The number of methoxy groups -OCH3 is 4. The van der Waals surface area contributed by atoms with Crippen LogP contribution in [-0.2, 0) is 16.0 Å². The lowest BCUT2D eigenvalue weighted by Gasteiger charge is -2.19. The van der Waals surface area contributed by atoms with E-state index in [0.29, 0.717) is 64.8 Å². The van der Waals surface area contributed by atoms with E-state index in [1.165, 1.54) is 20.1 Å². The number of hydrogen-bond acceptors (Lipinski definition) is 10. The third-order valence-corrected chi connectivity index (χ3v) is 8.98. The molecule has 0 radical (unpaired) electrons. The van der Waals surface area contributed by atoms with E-state index >= 15 is 0 Å². The largest absolute Gasteiger partial charge is 0.497 e. The van der Waals surface area contributed by atoms with Gasteiger partial charge in [-0.1, -0.05) is 6.07 Å². The molecule has 3 aromatic carbocycles. The quantitative estimate of drug-likeness (QED) is 0.175. The summed E-state index contributed by atoms with van der Waals surface area (Å²) in [6, 6.07) is 13.2. The van der Waals surface area contributed by atoms with Gasteiger partial charge in [0.15, 0.2) is 11.5 Å². The Balaban J connectivity index is 1.55. The molecule has 1 heterocycles. The fourth-order valence-electron chi connectivity index (χ4n) is 6.05. The van der Waals surface area contributed by atoms with Gasteiger partial charge in [0.25, 0.3) is 0 Å². The van der Waals surface area contributed by atoms with Crippen molar-refractivity contribution in [3.05, 3.63) is 76.1 Å². The first-order valence-corrected chi connectivity index (χ1v) is 16.9. The topological polar surface area (TPSA) is 137 Å². The van der Waals surface area contributed by atoms with Gasteiger partial charge in [-0.2, -0.15) is 11.8 Å². The molecule has 0 bridgehead atoms. The van der Waals surface area contributed by atoms with Crippen LogP contribution in [0.3, 0.4) is 0 Å². The van der Waals surface area contributed by atoms with E-state index in [9.17, 15) is 14.4 Å². The Morgan fingerprint density at radius 2 is 1.77 bits per heavy atom. The third-order valence-electron chi connectivity index (χ3n) is 8.33. The molecule has 4 aromatic rings. The summed E-state index contributed by atoms with van der Waals surface area (Å²) in [4.78, 5) is 44.4. The Morgan fingerprint density at radius 1 is 0.979 bits per heavy atom. The number of fused-ring (bicyclic) bond motifs is 4. The monoisotopic (exact) mass is 672 g/mol. The highest BCUT2D eigenvalue weighted by atomic mass is 32.2. The molecule has 0 spiro atoms. The molecule has 0 saturated carbocycles. The van der Waals surface area contributed by atoms with E-state index < -0.39 is 12.1 Å². The fourth-order valence-corrected chi connectivity index (χ4v) is 6.52. The molecule has 0 fully saturated rings. The van der Waals surface area contributed by atoms with Crippen molar-refractivity contribution in [2.24, 2.45) is 0 Å². The van der Waals surface area contributed by atoms with Crippen LogP contribution in [0.5, 0.6) is 23.0 Å². The second-order valence-corrected chi connectivity index (χ2v) is 12.3. The minimum absolute atomic E-state index is 0.215. The molecule has 3 N–H and O–H groups in total. The van der Waals surface area contributed by atoms with Crippen molar-refractivity contribution in [3.63, 3.8) is 0 Å². The van der Waals surface area contributed by atoms with Crippen LogP contribution in [-0.4, -0.2) is 63.3 Å².